The van der Waals surface area contributed by atoms with Gasteiger partial charge in [-0.2, -0.15) is 5.26 Å². The number of Topliss-reactive ketones (excluding diaryl/α,β-unsaturated/α-hetero) is 1. The SMILES string of the molecule is CCOC(=O)CCC(=O)c1ccc(F)c(C#N)c1. The van der Waals surface area contributed by atoms with Crippen molar-refractivity contribution in [3.8, 4) is 6.07 Å². The van der Waals surface area contributed by atoms with Crippen molar-refractivity contribution in [3.05, 3.63) is 35.1 Å². The molecule has 0 aliphatic rings. The zero-order chi connectivity index (χ0) is 13.5. The van der Waals surface area contributed by atoms with Crippen LogP contribution in [-0.4, -0.2) is 18.4 Å². The van der Waals surface area contributed by atoms with Crippen molar-refractivity contribution in [1.82, 2.24) is 0 Å². The van der Waals surface area contributed by atoms with Crippen LogP contribution in [0.3, 0.4) is 0 Å². The molecule has 0 amide bonds. The lowest BCUT2D eigenvalue weighted by atomic mass is 10.0. The average molecular weight is 249 g/mol. The molecular weight excluding hydrogens is 237 g/mol. The van der Waals surface area contributed by atoms with E-state index >= 15 is 0 Å². The van der Waals surface area contributed by atoms with E-state index in [0.717, 1.165) is 6.07 Å². The van der Waals surface area contributed by atoms with Crippen LogP contribution in [0.15, 0.2) is 18.2 Å². The Labute approximate surface area is 104 Å². The third-order valence-electron chi connectivity index (χ3n) is 2.27. The first-order valence-electron chi connectivity index (χ1n) is 5.47. The van der Waals surface area contributed by atoms with Crippen LogP contribution in [0.4, 0.5) is 4.39 Å². The van der Waals surface area contributed by atoms with E-state index in [1.165, 1.54) is 12.1 Å². The summed E-state index contributed by atoms with van der Waals surface area (Å²) in [5.74, 6) is -1.44. The molecule has 0 aliphatic heterocycles. The van der Waals surface area contributed by atoms with Crippen LogP contribution in [0.1, 0.15) is 35.7 Å². The van der Waals surface area contributed by atoms with Gasteiger partial charge in [0.05, 0.1) is 18.6 Å². The van der Waals surface area contributed by atoms with E-state index < -0.39 is 11.8 Å². The van der Waals surface area contributed by atoms with E-state index in [2.05, 4.69) is 4.74 Å². The topological polar surface area (TPSA) is 67.2 Å². The summed E-state index contributed by atoms with van der Waals surface area (Å²) >= 11 is 0. The molecule has 1 rings (SSSR count). The molecule has 1 aromatic carbocycles. The van der Waals surface area contributed by atoms with Crippen molar-refractivity contribution in [2.24, 2.45) is 0 Å². The predicted octanol–water partition coefficient (Wildman–Crippen LogP) is 2.22. The van der Waals surface area contributed by atoms with Crippen LogP contribution in [0.2, 0.25) is 0 Å². The minimum absolute atomic E-state index is 0.0185. The molecule has 0 radical (unpaired) electrons. The summed E-state index contributed by atoms with van der Waals surface area (Å²) in [6.45, 7) is 1.95. The smallest absolute Gasteiger partial charge is 0.306 e. The van der Waals surface area contributed by atoms with E-state index in [1.54, 1.807) is 13.0 Å². The lowest BCUT2D eigenvalue weighted by molar-refractivity contribution is -0.143. The van der Waals surface area contributed by atoms with Gasteiger partial charge in [0, 0.05) is 12.0 Å². The van der Waals surface area contributed by atoms with Crippen LogP contribution in [0.5, 0.6) is 0 Å². The molecule has 0 bridgehead atoms. The summed E-state index contributed by atoms with van der Waals surface area (Å²) in [6.07, 6.45) is -0.0404. The van der Waals surface area contributed by atoms with Crippen molar-refractivity contribution in [3.63, 3.8) is 0 Å². The van der Waals surface area contributed by atoms with Gasteiger partial charge < -0.3 is 4.74 Å². The van der Waals surface area contributed by atoms with Crippen molar-refractivity contribution in [1.29, 1.82) is 5.26 Å². The number of ketones is 1. The number of nitrogens with zero attached hydrogens (tertiary/aromatic N) is 1. The monoisotopic (exact) mass is 249 g/mol. The normalized spacial score (nSPS) is 9.61. The number of carbonyl (C=O) groups is 2. The fourth-order valence-corrected chi connectivity index (χ4v) is 1.38. The fraction of sp³-hybridized carbons (Fsp3) is 0.308. The summed E-state index contributed by atoms with van der Waals surface area (Å²) in [4.78, 5) is 22.8. The Morgan fingerprint density at radius 1 is 1.39 bits per heavy atom. The predicted molar refractivity (Wildman–Crippen MR) is 61.3 cm³/mol. The van der Waals surface area contributed by atoms with Gasteiger partial charge in [0.1, 0.15) is 11.9 Å². The summed E-state index contributed by atoms with van der Waals surface area (Å²) in [7, 11) is 0. The Balaban J connectivity index is 2.68. The highest BCUT2D eigenvalue weighted by molar-refractivity contribution is 5.97. The van der Waals surface area contributed by atoms with Crippen molar-refractivity contribution < 1.29 is 18.7 Å². The third kappa shape index (κ3) is 3.67. The lowest BCUT2D eigenvalue weighted by Crippen LogP contribution is -2.08. The molecule has 0 spiro atoms. The first-order valence-corrected chi connectivity index (χ1v) is 5.47. The molecule has 0 unspecified atom stereocenters. The molecule has 94 valence electrons. The molecule has 0 saturated carbocycles. The van der Waals surface area contributed by atoms with Crippen molar-refractivity contribution in [2.45, 2.75) is 19.8 Å². The van der Waals surface area contributed by atoms with Crippen molar-refractivity contribution in [2.75, 3.05) is 6.61 Å². The van der Waals surface area contributed by atoms with Gasteiger partial charge in [0.25, 0.3) is 0 Å². The zero-order valence-electron chi connectivity index (χ0n) is 9.90. The molecule has 0 heterocycles. The number of hydrogen-bond acceptors (Lipinski definition) is 4. The summed E-state index contributed by atoms with van der Waals surface area (Å²) in [5.41, 5.74) is 0.0363. The highest BCUT2D eigenvalue weighted by atomic mass is 19.1. The highest BCUT2D eigenvalue weighted by Gasteiger charge is 2.12. The first kappa shape index (κ1) is 13.8. The molecule has 0 atom stereocenters. The number of hydrogen-bond donors (Lipinski definition) is 0. The fourth-order valence-electron chi connectivity index (χ4n) is 1.38. The summed E-state index contributed by atoms with van der Waals surface area (Å²) in [6, 6.07) is 5.20. The highest BCUT2D eigenvalue weighted by Crippen LogP contribution is 2.12. The Kier molecular flexibility index (Phi) is 5.00. The maximum Gasteiger partial charge on any atom is 0.306 e. The number of benzene rings is 1. The van der Waals surface area contributed by atoms with E-state index in [0.29, 0.717) is 0 Å². The van der Waals surface area contributed by atoms with E-state index in [9.17, 15) is 14.0 Å². The molecule has 0 aliphatic carbocycles. The van der Waals surface area contributed by atoms with Crippen LogP contribution in [0, 0.1) is 17.1 Å². The first-order chi connectivity index (χ1) is 8.58. The summed E-state index contributed by atoms with van der Waals surface area (Å²) in [5, 5.41) is 8.64. The molecule has 0 aromatic heterocycles. The van der Waals surface area contributed by atoms with E-state index in [4.69, 9.17) is 5.26 Å². The van der Waals surface area contributed by atoms with E-state index in [1.807, 2.05) is 0 Å². The molecule has 0 fully saturated rings. The van der Waals surface area contributed by atoms with Gasteiger partial charge in [-0.25, -0.2) is 4.39 Å². The van der Waals surface area contributed by atoms with Crippen LogP contribution in [-0.2, 0) is 9.53 Å². The number of halogens is 1. The van der Waals surface area contributed by atoms with Gasteiger partial charge in [0.15, 0.2) is 5.78 Å². The Morgan fingerprint density at radius 3 is 2.72 bits per heavy atom. The van der Waals surface area contributed by atoms with E-state index in [-0.39, 0.29) is 36.4 Å². The van der Waals surface area contributed by atoms with Crippen molar-refractivity contribution >= 4 is 11.8 Å². The number of rotatable bonds is 5. The second kappa shape index (κ2) is 6.50. The minimum Gasteiger partial charge on any atom is -0.466 e. The molecule has 4 nitrogen and oxygen atoms in total. The Hall–Kier alpha value is -2.22. The number of nitriles is 1. The van der Waals surface area contributed by atoms with Crippen LogP contribution < -0.4 is 0 Å². The molecule has 0 N–H and O–H groups in total. The maximum atomic E-state index is 13.0. The standard InChI is InChI=1S/C13H12FNO3/c1-2-18-13(17)6-5-12(16)9-3-4-11(14)10(7-9)8-15/h3-4,7H,2,5-6H2,1H3. The van der Waals surface area contributed by atoms with Crippen LogP contribution >= 0.6 is 0 Å². The molecule has 18 heavy (non-hydrogen) atoms. The van der Waals surface area contributed by atoms with Gasteiger partial charge >= 0.3 is 5.97 Å². The summed E-state index contributed by atoms with van der Waals surface area (Å²) < 4.78 is 17.7. The number of ether oxygens (including phenoxy) is 1. The molecule has 0 saturated heterocycles. The second-order valence-electron chi connectivity index (χ2n) is 3.53. The van der Waals surface area contributed by atoms with Gasteiger partial charge in [0.2, 0.25) is 0 Å². The molecular formula is C13H12FNO3. The zero-order valence-corrected chi connectivity index (χ0v) is 9.90. The van der Waals surface area contributed by atoms with Gasteiger partial charge in [-0.1, -0.05) is 0 Å². The molecule has 5 heteroatoms. The lowest BCUT2D eigenvalue weighted by Gasteiger charge is -2.02. The average Bonchev–Trinajstić information content (AvgIpc) is 2.37. The maximum absolute atomic E-state index is 13.0. The third-order valence-corrected chi connectivity index (χ3v) is 2.27. The van der Waals surface area contributed by atoms with Gasteiger partial charge in [-0.15, -0.1) is 0 Å². The van der Waals surface area contributed by atoms with Crippen LogP contribution in [0.25, 0.3) is 0 Å². The quantitative estimate of drug-likeness (QED) is 0.592. The number of carbonyl (C=O) groups excluding carboxylic acids is 2. The largest absolute Gasteiger partial charge is 0.466 e. The molecule has 1 aromatic rings. The Bertz CT molecular complexity index is 505. The Morgan fingerprint density at radius 2 is 2.11 bits per heavy atom. The number of esters is 1. The minimum atomic E-state index is -0.667. The second-order valence-corrected chi connectivity index (χ2v) is 3.53. The van der Waals surface area contributed by atoms with Gasteiger partial charge in [-0.05, 0) is 25.1 Å². The van der Waals surface area contributed by atoms with Gasteiger partial charge in [-0.3, -0.25) is 9.59 Å².